The zero-order valence-electron chi connectivity index (χ0n) is 10.4. The third-order valence-electron chi connectivity index (χ3n) is 2.61. The molecule has 0 radical (unpaired) electrons. The SMILES string of the molecule is C/C(=N\Nc1ccc(Cl)c(Cl)c1)c1ccc(Cl)c(Cl)c1. The topological polar surface area (TPSA) is 24.4 Å². The Bertz CT molecular complexity index is 668. The summed E-state index contributed by atoms with van der Waals surface area (Å²) in [6.45, 7) is 1.87. The van der Waals surface area contributed by atoms with Crippen LogP contribution in [-0.4, -0.2) is 5.71 Å². The molecule has 0 aliphatic carbocycles. The van der Waals surface area contributed by atoms with Crippen molar-refractivity contribution in [3.05, 3.63) is 62.1 Å². The molecule has 1 N–H and O–H groups in total. The van der Waals surface area contributed by atoms with Crippen molar-refractivity contribution in [2.75, 3.05) is 5.43 Å². The second-order valence-electron chi connectivity index (χ2n) is 4.07. The highest BCUT2D eigenvalue weighted by molar-refractivity contribution is 6.42. The number of halogens is 4. The minimum absolute atomic E-state index is 0.471. The van der Waals surface area contributed by atoms with Crippen molar-refractivity contribution in [1.82, 2.24) is 0 Å². The van der Waals surface area contributed by atoms with Crippen LogP contribution in [0, 0.1) is 0 Å². The minimum Gasteiger partial charge on any atom is -0.278 e. The van der Waals surface area contributed by atoms with E-state index in [1.54, 1.807) is 30.3 Å². The van der Waals surface area contributed by atoms with Crippen LogP contribution < -0.4 is 5.43 Å². The van der Waals surface area contributed by atoms with Crippen LogP contribution in [-0.2, 0) is 0 Å². The largest absolute Gasteiger partial charge is 0.278 e. The van der Waals surface area contributed by atoms with Gasteiger partial charge in [0.05, 0.1) is 31.5 Å². The molecule has 20 heavy (non-hydrogen) atoms. The summed E-state index contributed by atoms with van der Waals surface area (Å²) in [5.41, 5.74) is 5.32. The highest BCUT2D eigenvalue weighted by Gasteiger charge is 2.03. The Morgan fingerprint density at radius 1 is 0.850 bits per heavy atom. The van der Waals surface area contributed by atoms with E-state index in [-0.39, 0.29) is 0 Å². The van der Waals surface area contributed by atoms with Gasteiger partial charge >= 0.3 is 0 Å². The molecule has 0 aliphatic heterocycles. The monoisotopic (exact) mass is 346 g/mol. The summed E-state index contributed by atoms with van der Waals surface area (Å²) < 4.78 is 0. The molecule has 0 amide bonds. The molecule has 2 aromatic carbocycles. The summed E-state index contributed by atoms with van der Waals surface area (Å²) in [4.78, 5) is 0. The lowest BCUT2D eigenvalue weighted by molar-refractivity contribution is 1.32. The normalized spacial score (nSPS) is 11.6. The Labute approximate surface area is 137 Å². The number of anilines is 1. The standard InChI is InChI=1S/C14H10Cl4N2/c1-8(9-2-4-11(15)13(17)6-9)19-20-10-3-5-12(16)14(18)7-10/h2-7,20H,1H3/b19-8+. The zero-order chi connectivity index (χ0) is 14.7. The van der Waals surface area contributed by atoms with Crippen LogP contribution in [0.2, 0.25) is 20.1 Å². The Morgan fingerprint density at radius 3 is 2.05 bits per heavy atom. The number of hydrazone groups is 1. The van der Waals surface area contributed by atoms with Crippen LogP contribution >= 0.6 is 46.4 Å². The summed E-state index contributed by atoms with van der Waals surface area (Å²) >= 11 is 23.6. The van der Waals surface area contributed by atoms with Gasteiger partial charge in [0.25, 0.3) is 0 Å². The highest BCUT2D eigenvalue weighted by Crippen LogP contribution is 2.25. The van der Waals surface area contributed by atoms with Gasteiger partial charge < -0.3 is 0 Å². The van der Waals surface area contributed by atoms with Gasteiger partial charge in [0.15, 0.2) is 0 Å². The fraction of sp³-hybridized carbons (Fsp3) is 0.0714. The molecule has 0 bridgehead atoms. The Morgan fingerprint density at radius 2 is 1.45 bits per heavy atom. The van der Waals surface area contributed by atoms with Crippen LogP contribution in [0.15, 0.2) is 41.5 Å². The molecule has 104 valence electrons. The van der Waals surface area contributed by atoms with E-state index in [1.165, 1.54) is 0 Å². The molecule has 0 spiro atoms. The summed E-state index contributed by atoms with van der Waals surface area (Å²) in [5, 5.41) is 6.25. The van der Waals surface area contributed by atoms with Gasteiger partial charge in [0.1, 0.15) is 0 Å². The van der Waals surface area contributed by atoms with Crippen molar-refractivity contribution in [3.8, 4) is 0 Å². The smallest absolute Gasteiger partial charge is 0.0649 e. The van der Waals surface area contributed by atoms with E-state index in [1.807, 2.05) is 13.0 Å². The van der Waals surface area contributed by atoms with Crippen LogP contribution in [0.3, 0.4) is 0 Å². The second-order valence-corrected chi connectivity index (χ2v) is 5.70. The number of rotatable bonds is 3. The molecule has 2 nitrogen and oxygen atoms in total. The van der Waals surface area contributed by atoms with Crippen molar-refractivity contribution in [2.24, 2.45) is 5.10 Å². The van der Waals surface area contributed by atoms with Crippen molar-refractivity contribution >= 4 is 57.8 Å². The van der Waals surface area contributed by atoms with Crippen LogP contribution in [0.25, 0.3) is 0 Å². The highest BCUT2D eigenvalue weighted by atomic mass is 35.5. The van der Waals surface area contributed by atoms with Crippen molar-refractivity contribution in [3.63, 3.8) is 0 Å². The molecular weight excluding hydrogens is 338 g/mol. The third-order valence-corrected chi connectivity index (χ3v) is 4.09. The molecule has 2 aromatic rings. The Kier molecular flexibility index (Phi) is 5.17. The molecular formula is C14H10Cl4N2. The second kappa shape index (κ2) is 6.68. The first-order chi connectivity index (χ1) is 9.47. The van der Waals surface area contributed by atoms with Crippen molar-refractivity contribution in [2.45, 2.75) is 6.92 Å². The average molecular weight is 348 g/mol. The summed E-state index contributed by atoms with van der Waals surface area (Å²) in [5.74, 6) is 0. The van der Waals surface area contributed by atoms with Crippen molar-refractivity contribution < 1.29 is 0 Å². The first-order valence-corrected chi connectivity index (χ1v) is 7.19. The molecule has 0 unspecified atom stereocenters. The lowest BCUT2D eigenvalue weighted by Gasteiger charge is -2.06. The fourth-order valence-corrected chi connectivity index (χ4v) is 2.10. The maximum Gasteiger partial charge on any atom is 0.0649 e. The van der Waals surface area contributed by atoms with Gasteiger partial charge in [-0.3, -0.25) is 5.43 Å². The summed E-state index contributed by atoms with van der Waals surface area (Å²) in [6.07, 6.45) is 0. The molecule has 6 heteroatoms. The van der Waals surface area contributed by atoms with E-state index in [0.717, 1.165) is 17.0 Å². The Balaban J connectivity index is 2.17. The van der Waals surface area contributed by atoms with Crippen LogP contribution in [0.4, 0.5) is 5.69 Å². The fourth-order valence-electron chi connectivity index (χ4n) is 1.50. The van der Waals surface area contributed by atoms with E-state index in [9.17, 15) is 0 Å². The lowest BCUT2D eigenvalue weighted by Crippen LogP contribution is -1.99. The molecule has 0 saturated heterocycles. The van der Waals surface area contributed by atoms with Gasteiger partial charge in [-0.15, -0.1) is 0 Å². The molecule has 0 atom stereocenters. The van der Waals surface area contributed by atoms with Gasteiger partial charge in [-0.1, -0.05) is 52.5 Å². The van der Waals surface area contributed by atoms with Crippen molar-refractivity contribution in [1.29, 1.82) is 0 Å². The number of nitrogens with one attached hydrogen (secondary N) is 1. The molecule has 0 heterocycles. The summed E-state index contributed by atoms with van der Waals surface area (Å²) in [7, 11) is 0. The number of hydrogen-bond acceptors (Lipinski definition) is 2. The predicted octanol–water partition coefficient (Wildman–Crippen LogP) is 6.14. The van der Waals surface area contributed by atoms with E-state index in [2.05, 4.69) is 10.5 Å². The van der Waals surface area contributed by atoms with Gasteiger partial charge in [0.2, 0.25) is 0 Å². The maximum atomic E-state index is 5.97. The first-order valence-electron chi connectivity index (χ1n) is 5.68. The van der Waals surface area contributed by atoms with Crippen LogP contribution in [0.1, 0.15) is 12.5 Å². The zero-order valence-corrected chi connectivity index (χ0v) is 13.4. The van der Waals surface area contributed by atoms with E-state index in [4.69, 9.17) is 46.4 Å². The van der Waals surface area contributed by atoms with Gasteiger partial charge in [-0.25, -0.2) is 0 Å². The first kappa shape index (κ1) is 15.5. The average Bonchev–Trinajstić information content (AvgIpc) is 2.43. The van der Waals surface area contributed by atoms with E-state index < -0.39 is 0 Å². The van der Waals surface area contributed by atoms with Gasteiger partial charge in [-0.2, -0.15) is 5.10 Å². The number of nitrogens with zero attached hydrogens (tertiary/aromatic N) is 1. The van der Waals surface area contributed by atoms with E-state index >= 15 is 0 Å². The molecule has 2 rings (SSSR count). The third kappa shape index (κ3) is 3.80. The Hall–Kier alpha value is -0.930. The molecule has 0 aliphatic rings. The van der Waals surface area contributed by atoms with E-state index in [0.29, 0.717) is 20.1 Å². The number of hydrogen-bond donors (Lipinski definition) is 1. The molecule has 0 aromatic heterocycles. The van der Waals surface area contributed by atoms with Crippen LogP contribution in [0.5, 0.6) is 0 Å². The quantitative estimate of drug-likeness (QED) is 0.523. The maximum absolute atomic E-state index is 5.97. The minimum atomic E-state index is 0.471. The lowest BCUT2D eigenvalue weighted by atomic mass is 10.1. The molecule has 0 saturated carbocycles. The van der Waals surface area contributed by atoms with Gasteiger partial charge in [-0.05, 0) is 42.8 Å². The summed E-state index contributed by atoms with van der Waals surface area (Å²) in [6, 6.07) is 10.5. The number of benzene rings is 2. The van der Waals surface area contributed by atoms with Gasteiger partial charge in [0, 0.05) is 0 Å². The predicted molar refractivity (Wildman–Crippen MR) is 88.8 cm³/mol. The molecule has 0 fully saturated rings.